The molecule has 0 fully saturated rings. The van der Waals surface area contributed by atoms with Gasteiger partial charge in [-0.1, -0.05) is 25.7 Å². The normalized spacial score (nSPS) is 32.4. The van der Waals surface area contributed by atoms with Crippen LogP contribution in [0.3, 0.4) is 0 Å². The summed E-state index contributed by atoms with van der Waals surface area (Å²) in [5, 5.41) is 0. The molecule has 0 aliphatic carbocycles. The van der Waals surface area contributed by atoms with Gasteiger partial charge >= 0.3 is 0 Å². The highest BCUT2D eigenvalue weighted by Crippen LogP contribution is 2.37. The standard InChI is InChI=1S/C11H18OSi/c1-13(2,3)11-7-9-5-4-6-10(8-11)12-9/h4-5,8-9,11H,6-7H2,1-3H3/t9-,11-/m0/s1. The highest BCUT2D eigenvalue weighted by Gasteiger charge is 2.32. The number of fused-ring (bicyclic) bond motifs is 2. The van der Waals surface area contributed by atoms with E-state index in [4.69, 9.17) is 4.74 Å². The molecule has 1 nitrogen and oxygen atoms in total. The van der Waals surface area contributed by atoms with Gasteiger partial charge in [0.1, 0.15) is 6.10 Å². The SMILES string of the molecule is C[Si](C)(C)[C@@H]1C=C2CC=C[C@@H](C1)O2. The Kier molecular flexibility index (Phi) is 2.10. The molecule has 0 radical (unpaired) electrons. The number of rotatable bonds is 1. The lowest BCUT2D eigenvalue weighted by Gasteiger charge is -2.36. The molecule has 13 heavy (non-hydrogen) atoms. The van der Waals surface area contributed by atoms with Gasteiger partial charge in [-0.15, -0.1) is 0 Å². The van der Waals surface area contributed by atoms with E-state index in [9.17, 15) is 0 Å². The minimum atomic E-state index is -1.01. The zero-order valence-electron chi connectivity index (χ0n) is 8.71. The lowest BCUT2D eigenvalue weighted by atomic mass is 10.0. The van der Waals surface area contributed by atoms with E-state index >= 15 is 0 Å². The third-order valence-electron chi connectivity index (χ3n) is 2.96. The minimum Gasteiger partial charge on any atom is -0.491 e. The second-order valence-electron chi connectivity index (χ2n) is 5.13. The van der Waals surface area contributed by atoms with Crippen LogP contribution < -0.4 is 0 Å². The molecule has 0 aromatic carbocycles. The van der Waals surface area contributed by atoms with Gasteiger partial charge in [0.2, 0.25) is 0 Å². The van der Waals surface area contributed by atoms with Crippen molar-refractivity contribution >= 4 is 8.07 Å². The highest BCUT2D eigenvalue weighted by molar-refractivity contribution is 6.78. The molecule has 0 aromatic rings. The fourth-order valence-corrected chi connectivity index (χ4v) is 3.62. The van der Waals surface area contributed by atoms with Crippen LogP contribution in [-0.4, -0.2) is 14.2 Å². The van der Waals surface area contributed by atoms with E-state index in [0.717, 1.165) is 12.0 Å². The molecule has 0 saturated carbocycles. The zero-order chi connectivity index (χ0) is 9.47. The molecule has 2 aliphatic rings. The van der Waals surface area contributed by atoms with E-state index in [1.807, 2.05) is 0 Å². The van der Waals surface area contributed by atoms with Crippen molar-refractivity contribution in [2.45, 2.75) is 44.1 Å². The van der Waals surface area contributed by atoms with Crippen molar-refractivity contribution in [1.29, 1.82) is 0 Å². The first-order valence-corrected chi connectivity index (χ1v) is 8.67. The van der Waals surface area contributed by atoms with Gasteiger partial charge in [-0.2, -0.15) is 0 Å². The molecule has 72 valence electrons. The van der Waals surface area contributed by atoms with Gasteiger partial charge < -0.3 is 4.74 Å². The average molecular weight is 194 g/mol. The summed E-state index contributed by atoms with van der Waals surface area (Å²) in [6.07, 6.45) is 9.44. The summed E-state index contributed by atoms with van der Waals surface area (Å²) >= 11 is 0. The quantitative estimate of drug-likeness (QED) is 0.459. The monoisotopic (exact) mass is 194 g/mol. The van der Waals surface area contributed by atoms with Gasteiger partial charge in [-0.05, 0) is 24.1 Å². The molecule has 0 saturated heterocycles. The largest absolute Gasteiger partial charge is 0.491 e. The van der Waals surface area contributed by atoms with E-state index in [1.54, 1.807) is 0 Å². The molecule has 0 spiro atoms. The maximum Gasteiger partial charge on any atom is 0.117 e. The molecule has 2 aliphatic heterocycles. The van der Waals surface area contributed by atoms with E-state index in [1.165, 1.54) is 12.2 Å². The van der Waals surface area contributed by atoms with Crippen molar-refractivity contribution in [3.05, 3.63) is 24.0 Å². The Morgan fingerprint density at radius 2 is 2.15 bits per heavy atom. The van der Waals surface area contributed by atoms with Crippen LogP contribution in [0.25, 0.3) is 0 Å². The predicted octanol–water partition coefficient (Wildman–Crippen LogP) is 3.33. The summed E-state index contributed by atoms with van der Waals surface area (Å²) in [5.41, 5.74) is 0.811. The Morgan fingerprint density at radius 1 is 1.38 bits per heavy atom. The zero-order valence-corrected chi connectivity index (χ0v) is 9.71. The Labute approximate surface area is 81.5 Å². The molecule has 2 bridgehead atoms. The fourth-order valence-electron chi connectivity index (χ4n) is 2.00. The molecule has 0 unspecified atom stereocenters. The van der Waals surface area contributed by atoms with Gasteiger partial charge in [0.25, 0.3) is 0 Å². The van der Waals surface area contributed by atoms with E-state index in [-0.39, 0.29) is 0 Å². The maximum atomic E-state index is 5.74. The molecular formula is C11H18OSi. The van der Waals surface area contributed by atoms with Crippen LogP contribution >= 0.6 is 0 Å². The smallest absolute Gasteiger partial charge is 0.117 e. The van der Waals surface area contributed by atoms with Crippen LogP contribution in [0.4, 0.5) is 0 Å². The Balaban J connectivity index is 2.20. The Bertz CT molecular complexity index is 260. The van der Waals surface area contributed by atoms with Crippen LogP contribution in [0, 0.1) is 0 Å². The van der Waals surface area contributed by atoms with Crippen molar-refractivity contribution < 1.29 is 4.74 Å². The molecule has 2 rings (SSSR count). The number of hydrogen-bond acceptors (Lipinski definition) is 1. The molecule has 2 heterocycles. The summed E-state index contributed by atoms with van der Waals surface area (Å²) in [5.74, 6) is 1.21. The van der Waals surface area contributed by atoms with Crippen LogP contribution in [-0.2, 0) is 4.74 Å². The number of hydrogen-bond donors (Lipinski definition) is 0. The summed E-state index contributed by atoms with van der Waals surface area (Å²) in [6.45, 7) is 7.33. The van der Waals surface area contributed by atoms with Gasteiger partial charge in [0, 0.05) is 6.42 Å². The predicted molar refractivity (Wildman–Crippen MR) is 58.4 cm³/mol. The van der Waals surface area contributed by atoms with Crippen molar-refractivity contribution in [3.63, 3.8) is 0 Å². The first kappa shape index (κ1) is 9.07. The van der Waals surface area contributed by atoms with Crippen molar-refractivity contribution in [2.24, 2.45) is 0 Å². The maximum absolute atomic E-state index is 5.74. The summed E-state index contributed by atoms with van der Waals surface area (Å²) in [6, 6.07) is 0. The first-order chi connectivity index (χ1) is 6.05. The molecule has 0 N–H and O–H groups in total. The first-order valence-electron chi connectivity index (χ1n) is 5.10. The van der Waals surface area contributed by atoms with Crippen LogP contribution in [0.15, 0.2) is 24.0 Å². The average Bonchev–Trinajstić information content (AvgIpc) is 2.01. The minimum absolute atomic E-state index is 0.380. The highest BCUT2D eigenvalue weighted by atomic mass is 28.3. The third kappa shape index (κ3) is 1.88. The topological polar surface area (TPSA) is 9.23 Å². The molecule has 2 heteroatoms. The van der Waals surface area contributed by atoms with Crippen molar-refractivity contribution in [3.8, 4) is 0 Å². The van der Waals surface area contributed by atoms with Crippen LogP contribution in [0.1, 0.15) is 12.8 Å². The van der Waals surface area contributed by atoms with Gasteiger partial charge in [-0.3, -0.25) is 0 Å². The fraction of sp³-hybridized carbons (Fsp3) is 0.636. The Hall–Kier alpha value is -0.503. The van der Waals surface area contributed by atoms with Crippen molar-refractivity contribution in [1.82, 2.24) is 0 Å². The van der Waals surface area contributed by atoms with E-state index in [0.29, 0.717) is 6.10 Å². The van der Waals surface area contributed by atoms with E-state index < -0.39 is 8.07 Å². The molecule has 2 atom stereocenters. The Morgan fingerprint density at radius 3 is 2.77 bits per heavy atom. The second-order valence-corrected chi connectivity index (χ2v) is 10.6. The third-order valence-corrected chi connectivity index (χ3v) is 5.59. The van der Waals surface area contributed by atoms with Crippen molar-refractivity contribution in [2.75, 3.05) is 0 Å². The summed E-state index contributed by atoms with van der Waals surface area (Å²) in [7, 11) is -1.01. The molecular weight excluding hydrogens is 176 g/mol. The molecule has 0 aromatic heterocycles. The lowest BCUT2D eigenvalue weighted by molar-refractivity contribution is 0.121. The van der Waals surface area contributed by atoms with Crippen LogP contribution in [0.2, 0.25) is 25.2 Å². The van der Waals surface area contributed by atoms with E-state index in [2.05, 4.69) is 37.9 Å². The summed E-state index contributed by atoms with van der Waals surface area (Å²) in [4.78, 5) is 0. The number of ether oxygens (including phenoxy) is 1. The van der Waals surface area contributed by atoms with Gasteiger partial charge in [0.05, 0.1) is 13.8 Å². The van der Waals surface area contributed by atoms with Gasteiger partial charge in [0.15, 0.2) is 0 Å². The summed E-state index contributed by atoms with van der Waals surface area (Å²) < 4.78 is 5.74. The van der Waals surface area contributed by atoms with Crippen LogP contribution in [0.5, 0.6) is 0 Å². The second kappa shape index (κ2) is 3.02. The number of allylic oxidation sites excluding steroid dienone is 2. The van der Waals surface area contributed by atoms with Gasteiger partial charge in [-0.25, -0.2) is 0 Å². The molecule has 0 amide bonds. The lowest BCUT2D eigenvalue weighted by Crippen LogP contribution is -2.33.